The molecule has 0 amide bonds. The summed E-state index contributed by atoms with van der Waals surface area (Å²) in [5.74, 6) is 0.876. The smallest absolute Gasteiger partial charge is 0.288 e. The van der Waals surface area contributed by atoms with Crippen LogP contribution in [0.15, 0.2) is 36.8 Å². The fraction of sp³-hybridized carbons (Fsp3) is 0.0909. The van der Waals surface area contributed by atoms with Crippen LogP contribution in [0, 0.1) is 17.0 Å². The minimum Gasteiger partial charge on any atom is -0.437 e. The molecule has 17 heavy (non-hydrogen) atoms. The number of aromatic nitrogens is 2. The molecule has 6 heteroatoms. The molecule has 0 aliphatic rings. The molecule has 0 aliphatic carbocycles. The summed E-state index contributed by atoms with van der Waals surface area (Å²) in [6.07, 6.45) is 4.34. The van der Waals surface area contributed by atoms with Gasteiger partial charge in [-0.1, -0.05) is 0 Å². The molecule has 0 radical (unpaired) electrons. The third-order valence-corrected chi connectivity index (χ3v) is 2.08. The number of rotatable bonds is 3. The monoisotopic (exact) mass is 231 g/mol. The average Bonchev–Trinajstić information content (AvgIpc) is 2.33. The Morgan fingerprint density at radius 1 is 1.41 bits per heavy atom. The van der Waals surface area contributed by atoms with Gasteiger partial charge >= 0.3 is 0 Å². The van der Waals surface area contributed by atoms with Gasteiger partial charge in [-0.3, -0.25) is 15.1 Å². The lowest BCUT2D eigenvalue weighted by Crippen LogP contribution is -1.95. The summed E-state index contributed by atoms with van der Waals surface area (Å²) in [5, 5.41) is 10.5. The summed E-state index contributed by atoms with van der Waals surface area (Å²) >= 11 is 0. The Balaban J connectivity index is 2.26. The van der Waals surface area contributed by atoms with E-state index in [9.17, 15) is 10.1 Å². The zero-order valence-electron chi connectivity index (χ0n) is 9.03. The molecule has 0 spiro atoms. The molecule has 2 rings (SSSR count). The molecular weight excluding hydrogens is 222 g/mol. The van der Waals surface area contributed by atoms with Gasteiger partial charge in [-0.25, -0.2) is 4.98 Å². The Bertz CT molecular complexity index is 543. The summed E-state index contributed by atoms with van der Waals surface area (Å²) in [5.41, 5.74) is 0.545. The van der Waals surface area contributed by atoms with Gasteiger partial charge in [0.15, 0.2) is 0 Å². The van der Waals surface area contributed by atoms with E-state index in [1.165, 1.54) is 12.3 Å². The van der Waals surface area contributed by atoms with Gasteiger partial charge in [-0.15, -0.1) is 0 Å². The summed E-state index contributed by atoms with van der Waals surface area (Å²) in [6.45, 7) is 1.70. The second-order valence-corrected chi connectivity index (χ2v) is 3.36. The number of aryl methyl sites for hydroxylation is 1. The van der Waals surface area contributed by atoms with Crippen molar-refractivity contribution in [1.82, 2.24) is 9.97 Å². The van der Waals surface area contributed by atoms with Crippen LogP contribution in [-0.2, 0) is 0 Å². The van der Waals surface area contributed by atoms with E-state index in [0.717, 1.165) is 0 Å². The van der Waals surface area contributed by atoms with Gasteiger partial charge < -0.3 is 4.74 Å². The molecule has 0 saturated carbocycles. The first kappa shape index (κ1) is 11.0. The van der Waals surface area contributed by atoms with Gasteiger partial charge in [0.25, 0.3) is 5.69 Å². The topological polar surface area (TPSA) is 78.2 Å². The van der Waals surface area contributed by atoms with Crippen molar-refractivity contribution in [2.24, 2.45) is 0 Å². The van der Waals surface area contributed by atoms with Gasteiger partial charge in [0.2, 0.25) is 5.88 Å². The van der Waals surface area contributed by atoms with E-state index in [2.05, 4.69) is 9.97 Å². The van der Waals surface area contributed by atoms with Crippen LogP contribution >= 0.6 is 0 Å². The predicted octanol–water partition coefficient (Wildman–Crippen LogP) is 2.49. The molecule has 2 heterocycles. The molecular formula is C11H9N3O3. The van der Waals surface area contributed by atoms with Crippen LogP contribution in [0.1, 0.15) is 5.56 Å². The maximum absolute atomic E-state index is 10.5. The van der Waals surface area contributed by atoms with E-state index in [1.807, 2.05) is 0 Å². The van der Waals surface area contributed by atoms with E-state index in [-0.39, 0.29) is 5.69 Å². The lowest BCUT2D eigenvalue weighted by Gasteiger charge is -2.06. The normalized spacial score (nSPS) is 9.94. The summed E-state index contributed by atoms with van der Waals surface area (Å²) in [6, 6.07) is 4.88. The van der Waals surface area contributed by atoms with Crippen LogP contribution in [0.4, 0.5) is 5.69 Å². The maximum Gasteiger partial charge on any atom is 0.288 e. The lowest BCUT2D eigenvalue weighted by molar-refractivity contribution is -0.385. The number of hydrogen-bond acceptors (Lipinski definition) is 5. The molecule has 2 aromatic rings. The Hall–Kier alpha value is -2.50. The maximum atomic E-state index is 10.5. The van der Waals surface area contributed by atoms with Crippen LogP contribution in [0.5, 0.6) is 11.6 Å². The van der Waals surface area contributed by atoms with Crippen molar-refractivity contribution in [3.63, 3.8) is 0 Å². The Kier molecular flexibility index (Phi) is 2.95. The number of ether oxygens (including phenoxy) is 1. The Labute approximate surface area is 97.1 Å². The van der Waals surface area contributed by atoms with Crippen molar-refractivity contribution < 1.29 is 9.66 Å². The van der Waals surface area contributed by atoms with Gasteiger partial charge in [0.1, 0.15) is 11.9 Å². The summed E-state index contributed by atoms with van der Waals surface area (Å²) in [4.78, 5) is 17.8. The average molecular weight is 231 g/mol. The molecule has 0 atom stereocenters. The Morgan fingerprint density at radius 3 is 2.82 bits per heavy atom. The molecule has 0 N–H and O–H groups in total. The van der Waals surface area contributed by atoms with Gasteiger partial charge in [0.05, 0.1) is 11.1 Å². The minimum atomic E-state index is -0.492. The van der Waals surface area contributed by atoms with Crippen LogP contribution in [-0.4, -0.2) is 14.9 Å². The van der Waals surface area contributed by atoms with E-state index in [4.69, 9.17) is 4.74 Å². The lowest BCUT2D eigenvalue weighted by atomic mass is 10.3. The summed E-state index contributed by atoms with van der Waals surface area (Å²) in [7, 11) is 0. The van der Waals surface area contributed by atoms with Crippen LogP contribution in [0.25, 0.3) is 0 Å². The van der Waals surface area contributed by atoms with Crippen molar-refractivity contribution in [2.75, 3.05) is 0 Å². The first-order chi connectivity index (χ1) is 8.16. The molecule has 0 bridgehead atoms. The van der Waals surface area contributed by atoms with Crippen LogP contribution in [0.3, 0.4) is 0 Å². The van der Waals surface area contributed by atoms with Crippen LogP contribution < -0.4 is 4.74 Å². The third-order valence-electron chi connectivity index (χ3n) is 2.08. The molecule has 0 aliphatic heterocycles. The number of hydrogen-bond donors (Lipinski definition) is 0. The van der Waals surface area contributed by atoms with Gasteiger partial charge in [0, 0.05) is 17.8 Å². The highest BCUT2D eigenvalue weighted by molar-refractivity contribution is 5.38. The second kappa shape index (κ2) is 4.56. The molecule has 86 valence electrons. The summed E-state index contributed by atoms with van der Waals surface area (Å²) < 4.78 is 5.45. The minimum absolute atomic E-state index is 0.0546. The van der Waals surface area contributed by atoms with E-state index >= 15 is 0 Å². The molecule has 2 aromatic heterocycles. The molecule has 0 saturated heterocycles. The first-order valence-corrected chi connectivity index (χ1v) is 4.86. The third kappa shape index (κ3) is 2.54. The fourth-order valence-electron chi connectivity index (χ4n) is 1.27. The highest BCUT2D eigenvalue weighted by Crippen LogP contribution is 2.24. The second-order valence-electron chi connectivity index (χ2n) is 3.36. The van der Waals surface area contributed by atoms with Crippen molar-refractivity contribution in [3.05, 3.63) is 52.5 Å². The Morgan fingerprint density at radius 2 is 2.24 bits per heavy atom. The van der Waals surface area contributed by atoms with Crippen molar-refractivity contribution in [2.45, 2.75) is 6.92 Å². The highest BCUT2D eigenvalue weighted by atomic mass is 16.6. The van der Waals surface area contributed by atoms with Crippen molar-refractivity contribution in [3.8, 4) is 11.6 Å². The number of nitro groups is 1. The zero-order chi connectivity index (χ0) is 12.3. The molecule has 0 unspecified atom stereocenters. The van der Waals surface area contributed by atoms with Gasteiger partial charge in [-0.05, 0) is 19.1 Å². The molecule has 0 fully saturated rings. The fourth-order valence-corrected chi connectivity index (χ4v) is 1.27. The zero-order valence-corrected chi connectivity index (χ0v) is 9.03. The molecule has 0 aromatic carbocycles. The van der Waals surface area contributed by atoms with Gasteiger partial charge in [-0.2, -0.15) is 0 Å². The standard InChI is InChI=1S/C11H9N3O3/c1-8-5-9(14(15)16)6-13-11(8)17-10-3-2-4-12-7-10/h2-7H,1H3. The van der Waals surface area contributed by atoms with E-state index < -0.39 is 4.92 Å². The number of pyridine rings is 2. The first-order valence-electron chi connectivity index (χ1n) is 4.86. The highest BCUT2D eigenvalue weighted by Gasteiger charge is 2.10. The van der Waals surface area contributed by atoms with Crippen molar-refractivity contribution in [1.29, 1.82) is 0 Å². The quantitative estimate of drug-likeness (QED) is 0.599. The van der Waals surface area contributed by atoms with E-state index in [1.54, 1.807) is 31.5 Å². The SMILES string of the molecule is Cc1cc([N+](=O)[O-])cnc1Oc1cccnc1. The van der Waals surface area contributed by atoms with E-state index in [0.29, 0.717) is 17.2 Å². The van der Waals surface area contributed by atoms with Crippen LogP contribution in [0.2, 0.25) is 0 Å². The largest absolute Gasteiger partial charge is 0.437 e. The number of nitrogens with zero attached hydrogens (tertiary/aromatic N) is 3. The predicted molar refractivity (Wildman–Crippen MR) is 59.9 cm³/mol. The van der Waals surface area contributed by atoms with Crippen molar-refractivity contribution >= 4 is 5.69 Å². The molecule has 6 nitrogen and oxygen atoms in total.